The van der Waals surface area contributed by atoms with Crippen molar-refractivity contribution >= 4 is 11.7 Å². The van der Waals surface area contributed by atoms with Crippen LogP contribution in [0.1, 0.15) is 30.7 Å². The highest BCUT2D eigenvalue weighted by atomic mass is 16.5. The first-order valence-electron chi connectivity index (χ1n) is 6.38. The van der Waals surface area contributed by atoms with E-state index in [1.165, 1.54) is 0 Å². The predicted octanol–water partition coefficient (Wildman–Crippen LogP) is 2.46. The maximum Gasteiger partial charge on any atom is 0.311 e. The molecule has 4 heteroatoms. The van der Waals surface area contributed by atoms with Crippen molar-refractivity contribution in [3.8, 4) is 5.75 Å². The van der Waals surface area contributed by atoms with Gasteiger partial charge in [-0.15, -0.1) is 0 Å². The van der Waals surface area contributed by atoms with Crippen LogP contribution in [0.25, 0.3) is 0 Å². The number of carboxylic acids is 1. The molecule has 1 saturated carbocycles. The number of carbonyl (C=O) groups is 1. The number of aliphatic carboxylic acids is 1. The van der Waals surface area contributed by atoms with Crippen molar-refractivity contribution in [2.45, 2.75) is 31.2 Å². The Morgan fingerprint density at radius 2 is 2.28 bits per heavy atom. The highest BCUT2D eigenvalue weighted by Gasteiger charge is 2.43. The van der Waals surface area contributed by atoms with Crippen molar-refractivity contribution in [3.63, 3.8) is 0 Å². The number of hydrogen-bond donors (Lipinski definition) is 2. The normalized spacial score (nSPS) is 29.1. The van der Waals surface area contributed by atoms with Gasteiger partial charge in [-0.1, -0.05) is 12.5 Å². The van der Waals surface area contributed by atoms with Gasteiger partial charge in [0.25, 0.3) is 0 Å². The molecule has 1 heterocycles. The molecule has 3 rings (SSSR count). The zero-order valence-corrected chi connectivity index (χ0v) is 10.3. The van der Waals surface area contributed by atoms with Crippen molar-refractivity contribution in [3.05, 3.63) is 23.8 Å². The number of methoxy groups -OCH3 is 1. The van der Waals surface area contributed by atoms with Crippen molar-refractivity contribution in [1.29, 1.82) is 0 Å². The predicted molar refractivity (Wildman–Crippen MR) is 68.1 cm³/mol. The molecule has 2 aliphatic rings. The largest absolute Gasteiger partial charge is 0.497 e. The molecule has 1 fully saturated rings. The van der Waals surface area contributed by atoms with Gasteiger partial charge in [-0.2, -0.15) is 0 Å². The van der Waals surface area contributed by atoms with E-state index in [0.717, 1.165) is 36.3 Å². The van der Waals surface area contributed by atoms with Crippen LogP contribution < -0.4 is 10.1 Å². The molecule has 0 amide bonds. The van der Waals surface area contributed by atoms with Gasteiger partial charge in [0.05, 0.1) is 13.0 Å². The topological polar surface area (TPSA) is 58.6 Å². The lowest BCUT2D eigenvalue weighted by Crippen LogP contribution is -2.37. The van der Waals surface area contributed by atoms with Crippen molar-refractivity contribution in [2.24, 2.45) is 5.92 Å². The second kappa shape index (κ2) is 4.19. The number of anilines is 1. The van der Waals surface area contributed by atoms with E-state index >= 15 is 0 Å². The van der Waals surface area contributed by atoms with Gasteiger partial charge < -0.3 is 15.2 Å². The Labute approximate surface area is 106 Å². The second-order valence-electron chi connectivity index (χ2n) is 5.11. The molecule has 3 atom stereocenters. The number of rotatable bonds is 2. The summed E-state index contributed by atoms with van der Waals surface area (Å²) in [5.41, 5.74) is 1.82. The van der Waals surface area contributed by atoms with Gasteiger partial charge in [0.2, 0.25) is 0 Å². The minimum Gasteiger partial charge on any atom is -0.497 e. The summed E-state index contributed by atoms with van der Waals surface area (Å²) >= 11 is 0. The summed E-state index contributed by atoms with van der Waals surface area (Å²) in [6.45, 7) is 0. The van der Waals surface area contributed by atoms with E-state index < -0.39 is 5.97 Å². The maximum atomic E-state index is 11.6. The number of fused-ring (bicyclic) bond motifs is 2. The molecule has 1 aromatic rings. The number of benzene rings is 1. The van der Waals surface area contributed by atoms with Crippen LogP contribution in [-0.2, 0) is 4.79 Å². The molecule has 0 bridgehead atoms. The van der Waals surface area contributed by atoms with E-state index in [1.54, 1.807) is 7.11 Å². The molecule has 0 spiro atoms. The van der Waals surface area contributed by atoms with Crippen LogP contribution in [0.5, 0.6) is 5.75 Å². The molecular weight excluding hydrogens is 230 g/mol. The van der Waals surface area contributed by atoms with E-state index in [9.17, 15) is 9.90 Å². The smallest absolute Gasteiger partial charge is 0.311 e. The fourth-order valence-electron chi connectivity index (χ4n) is 3.37. The molecule has 2 N–H and O–H groups in total. The third-order valence-electron chi connectivity index (χ3n) is 4.20. The molecule has 0 radical (unpaired) electrons. The molecule has 0 aromatic heterocycles. The Morgan fingerprint density at radius 3 is 3.00 bits per heavy atom. The fraction of sp³-hybridized carbons (Fsp3) is 0.500. The zero-order valence-electron chi connectivity index (χ0n) is 10.3. The summed E-state index contributed by atoms with van der Waals surface area (Å²) in [6.07, 6.45) is 3.17. The Hall–Kier alpha value is -1.71. The average Bonchev–Trinajstić information content (AvgIpc) is 2.82. The third-order valence-corrected chi connectivity index (χ3v) is 4.20. The van der Waals surface area contributed by atoms with Gasteiger partial charge in [-0.05, 0) is 30.4 Å². The van der Waals surface area contributed by atoms with Crippen LogP contribution in [-0.4, -0.2) is 24.2 Å². The lowest BCUT2D eigenvalue weighted by molar-refractivity contribution is -0.140. The van der Waals surface area contributed by atoms with Crippen molar-refractivity contribution in [2.75, 3.05) is 12.4 Å². The molecule has 1 aliphatic heterocycles. The highest BCUT2D eigenvalue weighted by molar-refractivity contribution is 5.81. The maximum absolute atomic E-state index is 11.6. The molecule has 3 unspecified atom stereocenters. The molecule has 96 valence electrons. The summed E-state index contributed by atoms with van der Waals surface area (Å²) in [5.74, 6) is -0.0929. The van der Waals surface area contributed by atoms with Crippen LogP contribution in [0.2, 0.25) is 0 Å². The molecule has 18 heavy (non-hydrogen) atoms. The van der Waals surface area contributed by atoms with Crippen LogP contribution in [0.15, 0.2) is 18.2 Å². The number of ether oxygens (including phenoxy) is 1. The van der Waals surface area contributed by atoms with Gasteiger partial charge >= 0.3 is 5.97 Å². The molecule has 1 aromatic carbocycles. The quantitative estimate of drug-likeness (QED) is 0.842. The Bertz CT molecular complexity index is 486. The van der Waals surface area contributed by atoms with Gasteiger partial charge in [0, 0.05) is 17.8 Å². The number of nitrogens with one attached hydrogen (secondary N) is 1. The Balaban J connectivity index is 2.06. The van der Waals surface area contributed by atoms with E-state index in [2.05, 4.69) is 5.32 Å². The van der Waals surface area contributed by atoms with E-state index in [0.29, 0.717) is 6.04 Å². The van der Waals surface area contributed by atoms with Crippen LogP contribution in [0.4, 0.5) is 5.69 Å². The Morgan fingerprint density at radius 1 is 1.44 bits per heavy atom. The van der Waals surface area contributed by atoms with Gasteiger partial charge in [-0.3, -0.25) is 4.79 Å². The molecule has 4 nitrogen and oxygen atoms in total. The third kappa shape index (κ3) is 1.64. The first-order valence-corrected chi connectivity index (χ1v) is 6.38. The van der Waals surface area contributed by atoms with Gasteiger partial charge in [0.1, 0.15) is 5.75 Å². The molecule has 1 aliphatic carbocycles. The fourth-order valence-corrected chi connectivity index (χ4v) is 3.37. The monoisotopic (exact) mass is 247 g/mol. The van der Waals surface area contributed by atoms with E-state index in [-0.39, 0.29) is 11.8 Å². The van der Waals surface area contributed by atoms with Gasteiger partial charge in [-0.25, -0.2) is 0 Å². The van der Waals surface area contributed by atoms with Crippen LogP contribution in [0, 0.1) is 5.92 Å². The first-order chi connectivity index (χ1) is 8.70. The first kappa shape index (κ1) is 11.4. The summed E-state index contributed by atoms with van der Waals surface area (Å²) < 4.78 is 5.20. The van der Waals surface area contributed by atoms with Crippen molar-refractivity contribution < 1.29 is 14.6 Å². The average molecular weight is 247 g/mol. The lowest BCUT2D eigenvalue weighted by atomic mass is 9.79. The highest BCUT2D eigenvalue weighted by Crippen LogP contribution is 2.46. The SMILES string of the molecule is COc1ccc2c(c1)NC1CCCC1C2C(=O)O. The van der Waals surface area contributed by atoms with E-state index in [4.69, 9.17) is 4.74 Å². The van der Waals surface area contributed by atoms with Crippen LogP contribution in [0.3, 0.4) is 0 Å². The van der Waals surface area contributed by atoms with Gasteiger partial charge in [0.15, 0.2) is 0 Å². The standard InChI is InChI=1S/C14H17NO3/c1-18-8-5-6-10-12(7-8)15-11-4-2-3-9(11)13(10)14(16)17/h5-7,9,11,13,15H,2-4H2,1H3,(H,16,17). The van der Waals surface area contributed by atoms with Crippen molar-refractivity contribution in [1.82, 2.24) is 0 Å². The summed E-state index contributed by atoms with van der Waals surface area (Å²) in [5, 5.41) is 13.0. The lowest BCUT2D eigenvalue weighted by Gasteiger charge is -2.35. The minimum atomic E-state index is -0.709. The summed E-state index contributed by atoms with van der Waals surface area (Å²) in [4.78, 5) is 11.6. The summed E-state index contributed by atoms with van der Waals surface area (Å²) in [6, 6.07) is 5.92. The zero-order chi connectivity index (χ0) is 12.7. The number of hydrogen-bond acceptors (Lipinski definition) is 3. The van der Waals surface area contributed by atoms with E-state index in [1.807, 2.05) is 18.2 Å². The molecule has 0 saturated heterocycles. The Kier molecular flexibility index (Phi) is 2.65. The minimum absolute atomic E-state index is 0.225. The summed E-state index contributed by atoms with van der Waals surface area (Å²) in [7, 11) is 1.62. The number of carboxylic acid groups (broad SMARTS) is 1. The second-order valence-corrected chi connectivity index (χ2v) is 5.11. The molecular formula is C14H17NO3. The van der Waals surface area contributed by atoms with Crippen LogP contribution >= 0.6 is 0 Å².